The Kier molecular flexibility index (Phi) is 3.83. The van der Waals surface area contributed by atoms with Crippen LogP contribution in [0.25, 0.3) is 0 Å². The van der Waals surface area contributed by atoms with Gasteiger partial charge in [0.2, 0.25) is 0 Å². The van der Waals surface area contributed by atoms with Gasteiger partial charge < -0.3 is 14.4 Å². The van der Waals surface area contributed by atoms with Gasteiger partial charge in [0, 0.05) is 12.4 Å². The van der Waals surface area contributed by atoms with E-state index in [9.17, 15) is 5.11 Å². The van der Waals surface area contributed by atoms with Gasteiger partial charge in [-0.3, -0.25) is 0 Å². The molecule has 3 heteroatoms. The van der Waals surface area contributed by atoms with Crippen LogP contribution in [0.5, 0.6) is 5.75 Å². The quantitative estimate of drug-likeness (QED) is 0.858. The molecule has 0 aliphatic carbocycles. The topological polar surface area (TPSA) is 34.4 Å². The van der Waals surface area contributed by atoms with Crippen molar-refractivity contribution in [3.05, 3.63) is 54.4 Å². The van der Waals surface area contributed by atoms with Gasteiger partial charge in [-0.1, -0.05) is 18.2 Å². The zero-order valence-corrected chi connectivity index (χ0v) is 9.91. The maximum Gasteiger partial charge on any atom is 0.119 e. The zero-order valence-electron chi connectivity index (χ0n) is 9.91. The highest BCUT2D eigenvalue weighted by Crippen LogP contribution is 2.12. The van der Waals surface area contributed by atoms with Gasteiger partial charge >= 0.3 is 0 Å². The Morgan fingerprint density at radius 2 is 2.00 bits per heavy atom. The molecule has 0 spiro atoms. The number of hydrogen-bond donors (Lipinski definition) is 1. The summed E-state index contributed by atoms with van der Waals surface area (Å²) in [6.45, 7) is 3.17. The van der Waals surface area contributed by atoms with Gasteiger partial charge in [0.05, 0.1) is 12.6 Å². The van der Waals surface area contributed by atoms with Crippen LogP contribution in [0.4, 0.5) is 0 Å². The Morgan fingerprint density at radius 3 is 2.65 bits per heavy atom. The molecule has 0 fully saturated rings. The smallest absolute Gasteiger partial charge is 0.119 e. The molecule has 1 atom stereocenters. The number of hydrogen-bond acceptors (Lipinski definition) is 2. The Morgan fingerprint density at radius 1 is 1.24 bits per heavy atom. The Bertz CT molecular complexity index is 448. The van der Waals surface area contributed by atoms with E-state index in [4.69, 9.17) is 4.74 Å². The Balaban J connectivity index is 1.82. The van der Waals surface area contributed by atoms with Crippen molar-refractivity contribution >= 4 is 0 Å². The third kappa shape index (κ3) is 3.36. The number of aliphatic hydroxyl groups is 1. The molecule has 3 nitrogen and oxygen atoms in total. The molecule has 0 aliphatic heterocycles. The molecule has 0 radical (unpaired) electrons. The van der Waals surface area contributed by atoms with Gasteiger partial charge in [-0.05, 0) is 30.7 Å². The lowest BCUT2D eigenvalue weighted by Crippen LogP contribution is -2.06. The number of nitrogens with zero attached hydrogens (tertiary/aromatic N) is 1. The maximum atomic E-state index is 9.40. The van der Waals surface area contributed by atoms with Crippen LogP contribution in [-0.2, 0) is 6.54 Å². The highest BCUT2D eigenvalue weighted by Gasteiger charge is 2.02. The van der Waals surface area contributed by atoms with Crippen molar-refractivity contribution in [2.24, 2.45) is 0 Å². The lowest BCUT2D eigenvalue weighted by atomic mass is 10.2. The fourth-order valence-corrected chi connectivity index (χ4v) is 1.63. The largest absolute Gasteiger partial charge is 0.492 e. The average Bonchev–Trinajstić information content (AvgIpc) is 2.79. The summed E-state index contributed by atoms with van der Waals surface area (Å²) in [7, 11) is 0. The summed E-state index contributed by atoms with van der Waals surface area (Å²) in [5, 5.41) is 9.40. The molecule has 1 heterocycles. The van der Waals surface area contributed by atoms with Crippen LogP contribution in [-0.4, -0.2) is 16.3 Å². The summed E-state index contributed by atoms with van der Waals surface area (Å²) in [5.41, 5.74) is 0.935. The lowest BCUT2D eigenvalue weighted by Gasteiger charge is -2.06. The third-order valence-electron chi connectivity index (χ3n) is 2.62. The predicted octanol–water partition coefficient (Wildman–Crippen LogP) is 2.62. The van der Waals surface area contributed by atoms with Gasteiger partial charge in [-0.15, -0.1) is 0 Å². The van der Waals surface area contributed by atoms with E-state index in [1.165, 1.54) is 0 Å². The first-order chi connectivity index (χ1) is 8.25. The van der Waals surface area contributed by atoms with E-state index < -0.39 is 6.10 Å². The standard InChI is InChI=1S/C14H17NO2/c1-12(16)13-7-8-15(11-13)9-10-17-14-5-3-2-4-6-14/h2-8,11-12,16H,9-10H2,1H3. The van der Waals surface area contributed by atoms with Gasteiger partial charge in [-0.2, -0.15) is 0 Å². The molecule has 1 aromatic carbocycles. The molecule has 1 unspecified atom stereocenters. The average molecular weight is 231 g/mol. The minimum atomic E-state index is -0.411. The van der Waals surface area contributed by atoms with Crippen molar-refractivity contribution in [3.63, 3.8) is 0 Å². The molecule has 0 aliphatic rings. The van der Waals surface area contributed by atoms with Crippen molar-refractivity contribution in [1.29, 1.82) is 0 Å². The fourth-order valence-electron chi connectivity index (χ4n) is 1.63. The Hall–Kier alpha value is -1.74. The van der Waals surface area contributed by atoms with Crippen LogP contribution in [0.3, 0.4) is 0 Å². The fraction of sp³-hybridized carbons (Fsp3) is 0.286. The van der Waals surface area contributed by atoms with Gasteiger partial charge in [0.1, 0.15) is 12.4 Å². The molecule has 2 aromatic rings. The highest BCUT2D eigenvalue weighted by molar-refractivity contribution is 5.20. The number of para-hydroxylation sites is 1. The van der Waals surface area contributed by atoms with E-state index in [0.29, 0.717) is 6.61 Å². The number of ether oxygens (including phenoxy) is 1. The summed E-state index contributed by atoms with van der Waals surface area (Å²) in [5.74, 6) is 0.885. The molecule has 90 valence electrons. The second kappa shape index (κ2) is 5.55. The summed E-state index contributed by atoms with van der Waals surface area (Å²) >= 11 is 0. The van der Waals surface area contributed by atoms with E-state index in [-0.39, 0.29) is 0 Å². The first kappa shape index (κ1) is 11.7. The van der Waals surface area contributed by atoms with Crippen LogP contribution < -0.4 is 4.74 Å². The van der Waals surface area contributed by atoms with Crippen LogP contribution in [0.1, 0.15) is 18.6 Å². The molecule has 1 aromatic heterocycles. The molecular weight excluding hydrogens is 214 g/mol. The summed E-state index contributed by atoms with van der Waals surface area (Å²) < 4.78 is 7.62. The first-order valence-corrected chi connectivity index (χ1v) is 5.77. The molecule has 1 N–H and O–H groups in total. The van der Waals surface area contributed by atoms with Crippen LogP contribution >= 0.6 is 0 Å². The van der Waals surface area contributed by atoms with Crippen molar-refractivity contribution in [2.75, 3.05) is 6.61 Å². The minimum absolute atomic E-state index is 0.411. The van der Waals surface area contributed by atoms with Gasteiger partial charge in [0.25, 0.3) is 0 Å². The van der Waals surface area contributed by atoms with E-state index in [2.05, 4.69) is 0 Å². The first-order valence-electron chi connectivity index (χ1n) is 5.77. The maximum absolute atomic E-state index is 9.40. The number of benzene rings is 1. The van der Waals surface area contributed by atoms with E-state index in [1.54, 1.807) is 6.92 Å². The normalized spacial score (nSPS) is 12.4. The molecule has 0 saturated carbocycles. The monoisotopic (exact) mass is 231 g/mol. The van der Waals surface area contributed by atoms with Crippen molar-refractivity contribution in [1.82, 2.24) is 4.57 Å². The van der Waals surface area contributed by atoms with Gasteiger partial charge in [0.15, 0.2) is 0 Å². The molecular formula is C14H17NO2. The second-order valence-corrected chi connectivity index (χ2v) is 4.02. The van der Waals surface area contributed by atoms with Crippen molar-refractivity contribution < 1.29 is 9.84 Å². The van der Waals surface area contributed by atoms with Gasteiger partial charge in [-0.25, -0.2) is 0 Å². The molecule has 0 saturated heterocycles. The molecule has 0 bridgehead atoms. The minimum Gasteiger partial charge on any atom is -0.492 e. The molecule has 0 amide bonds. The SMILES string of the molecule is CC(O)c1ccn(CCOc2ccccc2)c1. The highest BCUT2D eigenvalue weighted by atomic mass is 16.5. The zero-order chi connectivity index (χ0) is 12.1. The van der Waals surface area contributed by atoms with Crippen LogP contribution in [0.15, 0.2) is 48.8 Å². The van der Waals surface area contributed by atoms with E-state index >= 15 is 0 Å². The molecule has 2 rings (SSSR count). The molecule has 17 heavy (non-hydrogen) atoms. The summed E-state index contributed by atoms with van der Waals surface area (Å²) in [4.78, 5) is 0. The van der Waals surface area contributed by atoms with E-state index in [0.717, 1.165) is 17.9 Å². The summed E-state index contributed by atoms with van der Waals surface area (Å²) in [6.07, 6.45) is 3.49. The lowest BCUT2D eigenvalue weighted by molar-refractivity contribution is 0.199. The summed E-state index contributed by atoms with van der Waals surface area (Å²) in [6, 6.07) is 11.7. The number of rotatable bonds is 5. The van der Waals surface area contributed by atoms with Crippen LogP contribution in [0, 0.1) is 0 Å². The third-order valence-corrected chi connectivity index (χ3v) is 2.62. The van der Waals surface area contributed by atoms with Crippen LogP contribution in [0.2, 0.25) is 0 Å². The van der Waals surface area contributed by atoms with E-state index in [1.807, 2.05) is 53.4 Å². The number of aromatic nitrogens is 1. The van der Waals surface area contributed by atoms with Crippen molar-refractivity contribution in [3.8, 4) is 5.75 Å². The number of aliphatic hydroxyl groups excluding tert-OH is 1. The second-order valence-electron chi connectivity index (χ2n) is 4.02. The Labute approximate surface area is 101 Å². The van der Waals surface area contributed by atoms with Crippen molar-refractivity contribution in [2.45, 2.75) is 19.6 Å². The predicted molar refractivity (Wildman–Crippen MR) is 67.0 cm³/mol.